The first kappa shape index (κ1) is 11.5. The molecule has 0 heterocycles. The van der Waals surface area contributed by atoms with Gasteiger partial charge in [0.1, 0.15) is 5.82 Å². The summed E-state index contributed by atoms with van der Waals surface area (Å²) in [4.78, 5) is 11.5. The van der Waals surface area contributed by atoms with E-state index in [1.165, 1.54) is 12.1 Å². The van der Waals surface area contributed by atoms with E-state index in [0.717, 1.165) is 6.07 Å². The van der Waals surface area contributed by atoms with E-state index in [9.17, 15) is 9.18 Å². The molecule has 1 rings (SSSR count). The second kappa shape index (κ2) is 5.31. The Balaban J connectivity index is 2.68. The molecule has 0 atom stereocenters. The molecular weight excluding hydrogens is 199 g/mol. The molecule has 0 aliphatic rings. The van der Waals surface area contributed by atoms with Crippen molar-refractivity contribution in [1.29, 1.82) is 0 Å². The number of carbonyl (C=O) groups excluding carboxylic acids is 1. The summed E-state index contributed by atoms with van der Waals surface area (Å²) in [5, 5.41) is 11.0. The van der Waals surface area contributed by atoms with Crippen LogP contribution >= 0.6 is 0 Å². The van der Waals surface area contributed by atoms with Crippen LogP contribution in [0.1, 0.15) is 16.8 Å². The quantitative estimate of drug-likeness (QED) is 0.503. The van der Waals surface area contributed by atoms with E-state index in [1.807, 2.05) is 0 Å². The number of aliphatic hydroxyl groups is 1. The minimum Gasteiger partial charge on any atom is -0.398 e. The highest BCUT2D eigenvalue weighted by atomic mass is 19.1. The number of aliphatic hydroxyl groups excluding tert-OH is 1. The van der Waals surface area contributed by atoms with E-state index < -0.39 is 11.7 Å². The van der Waals surface area contributed by atoms with Gasteiger partial charge in [-0.1, -0.05) is 0 Å². The number of amides is 1. The first-order valence-electron chi connectivity index (χ1n) is 4.59. The first-order chi connectivity index (χ1) is 7.15. The lowest BCUT2D eigenvalue weighted by Crippen LogP contribution is -2.26. The number of nitrogens with two attached hydrogens (primary N) is 1. The number of hydrogen-bond donors (Lipinski definition) is 3. The number of hydrogen-bond acceptors (Lipinski definition) is 3. The van der Waals surface area contributed by atoms with Gasteiger partial charge in [0.25, 0.3) is 5.91 Å². The van der Waals surface area contributed by atoms with Gasteiger partial charge in [-0.05, 0) is 24.6 Å². The molecule has 1 aromatic rings. The van der Waals surface area contributed by atoms with Crippen molar-refractivity contribution in [3.63, 3.8) is 0 Å². The van der Waals surface area contributed by atoms with Crippen LogP contribution in [0, 0.1) is 5.82 Å². The molecular formula is C10H13FN2O2. The molecule has 0 aliphatic carbocycles. The average Bonchev–Trinajstić information content (AvgIpc) is 2.22. The van der Waals surface area contributed by atoms with Gasteiger partial charge in [-0.2, -0.15) is 0 Å². The number of rotatable bonds is 4. The van der Waals surface area contributed by atoms with Crippen LogP contribution in [-0.2, 0) is 0 Å². The predicted molar refractivity (Wildman–Crippen MR) is 54.8 cm³/mol. The summed E-state index contributed by atoms with van der Waals surface area (Å²) >= 11 is 0. The van der Waals surface area contributed by atoms with Crippen LogP contribution in [0.2, 0.25) is 0 Å². The van der Waals surface area contributed by atoms with Crippen molar-refractivity contribution in [2.75, 3.05) is 18.9 Å². The van der Waals surface area contributed by atoms with Gasteiger partial charge in [0.15, 0.2) is 0 Å². The fourth-order valence-electron chi connectivity index (χ4n) is 1.10. The van der Waals surface area contributed by atoms with E-state index in [4.69, 9.17) is 10.8 Å². The Hall–Kier alpha value is -1.62. The third kappa shape index (κ3) is 3.21. The number of anilines is 1. The molecule has 0 saturated heterocycles. The molecule has 0 bridgehead atoms. The molecule has 0 aliphatic heterocycles. The Labute approximate surface area is 86.9 Å². The smallest absolute Gasteiger partial charge is 0.253 e. The second-order valence-corrected chi connectivity index (χ2v) is 3.06. The maximum atomic E-state index is 12.8. The fourth-order valence-corrected chi connectivity index (χ4v) is 1.10. The Kier molecular flexibility index (Phi) is 4.05. The zero-order chi connectivity index (χ0) is 11.3. The summed E-state index contributed by atoms with van der Waals surface area (Å²) in [6, 6.07) is 3.62. The van der Waals surface area contributed by atoms with Gasteiger partial charge in [0.2, 0.25) is 0 Å². The molecule has 15 heavy (non-hydrogen) atoms. The highest BCUT2D eigenvalue weighted by Crippen LogP contribution is 2.12. The maximum absolute atomic E-state index is 12.8. The lowest BCUT2D eigenvalue weighted by Gasteiger charge is -2.06. The van der Waals surface area contributed by atoms with E-state index >= 15 is 0 Å². The molecule has 4 nitrogen and oxygen atoms in total. The lowest BCUT2D eigenvalue weighted by atomic mass is 10.1. The Morgan fingerprint density at radius 2 is 2.27 bits per heavy atom. The summed E-state index contributed by atoms with van der Waals surface area (Å²) < 4.78 is 12.8. The van der Waals surface area contributed by atoms with Crippen molar-refractivity contribution in [3.8, 4) is 0 Å². The van der Waals surface area contributed by atoms with Crippen molar-refractivity contribution in [3.05, 3.63) is 29.6 Å². The molecule has 82 valence electrons. The van der Waals surface area contributed by atoms with Crippen LogP contribution in [0.25, 0.3) is 0 Å². The topological polar surface area (TPSA) is 75.4 Å². The molecule has 0 radical (unpaired) electrons. The molecule has 0 saturated carbocycles. The predicted octanol–water partition coefficient (Wildman–Crippen LogP) is 0.520. The highest BCUT2D eigenvalue weighted by molar-refractivity contribution is 5.99. The molecule has 0 unspecified atom stereocenters. The maximum Gasteiger partial charge on any atom is 0.253 e. The van der Waals surface area contributed by atoms with Crippen LogP contribution in [0.4, 0.5) is 10.1 Å². The van der Waals surface area contributed by atoms with Gasteiger partial charge in [-0.15, -0.1) is 0 Å². The minimum absolute atomic E-state index is 0.00108. The van der Waals surface area contributed by atoms with Crippen LogP contribution < -0.4 is 11.1 Å². The standard InChI is InChI=1S/C10H13FN2O2/c11-7-2-3-9(12)8(6-7)10(15)13-4-1-5-14/h2-3,6,14H,1,4-5,12H2,(H,13,15). The third-order valence-electron chi connectivity index (χ3n) is 1.88. The Morgan fingerprint density at radius 1 is 1.53 bits per heavy atom. The zero-order valence-electron chi connectivity index (χ0n) is 8.16. The first-order valence-corrected chi connectivity index (χ1v) is 4.59. The molecule has 0 fully saturated rings. The summed E-state index contributed by atoms with van der Waals surface area (Å²) in [5.74, 6) is -0.933. The van der Waals surface area contributed by atoms with E-state index in [0.29, 0.717) is 13.0 Å². The second-order valence-electron chi connectivity index (χ2n) is 3.06. The number of carbonyl (C=O) groups is 1. The zero-order valence-corrected chi connectivity index (χ0v) is 8.16. The highest BCUT2D eigenvalue weighted by Gasteiger charge is 2.09. The van der Waals surface area contributed by atoms with Gasteiger partial charge >= 0.3 is 0 Å². The SMILES string of the molecule is Nc1ccc(F)cc1C(=O)NCCCO. The lowest BCUT2D eigenvalue weighted by molar-refractivity contribution is 0.0951. The van der Waals surface area contributed by atoms with Crippen molar-refractivity contribution < 1.29 is 14.3 Å². The molecule has 1 aromatic carbocycles. The number of nitrogen functional groups attached to an aromatic ring is 1. The molecule has 4 N–H and O–H groups in total. The fraction of sp³-hybridized carbons (Fsp3) is 0.300. The number of nitrogens with one attached hydrogen (secondary N) is 1. The summed E-state index contributed by atoms with van der Waals surface area (Å²) in [7, 11) is 0. The minimum atomic E-state index is -0.503. The van der Waals surface area contributed by atoms with Crippen LogP contribution in [0.15, 0.2) is 18.2 Å². The third-order valence-corrected chi connectivity index (χ3v) is 1.88. The van der Waals surface area contributed by atoms with E-state index in [2.05, 4.69) is 5.32 Å². The summed E-state index contributed by atoms with van der Waals surface area (Å²) in [6.45, 7) is 0.337. The Morgan fingerprint density at radius 3 is 2.93 bits per heavy atom. The summed E-state index contributed by atoms with van der Waals surface area (Å²) in [6.07, 6.45) is 0.459. The number of halogens is 1. The molecule has 0 aromatic heterocycles. The van der Waals surface area contributed by atoms with Gasteiger partial charge in [-0.25, -0.2) is 4.39 Å². The van der Waals surface area contributed by atoms with E-state index in [1.54, 1.807) is 0 Å². The molecule has 0 spiro atoms. The van der Waals surface area contributed by atoms with Gasteiger partial charge in [0.05, 0.1) is 5.56 Å². The molecule has 1 amide bonds. The van der Waals surface area contributed by atoms with Crippen LogP contribution in [0.3, 0.4) is 0 Å². The monoisotopic (exact) mass is 212 g/mol. The van der Waals surface area contributed by atoms with Crippen molar-refractivity contribution in [1.82, 2.24) is 5.32 Å². The number of benzene rings is 1. The van der Waals surface area contributed by atoms with Crippen molar-refractivity contribution >= 4 is 11.6 Å². The van der Waals surface area contributed by atoms with Crippen molar-refractivity contribution in [2.45, 2.75) is 6.42 Å². The normalized spacial score (nSPS) is 10.0. The molecule has 5 heteroatoms. The average molecular weight is 212 g/mol. The largest absolute Gasteiger partial charge is 0.398 e. The van der Waals surface area contributed by atoms with Gasteiger partial charge < -0.3 is 16.2 Å². The summed E-state index contributed by atoms with van der Waals surface area (Å²) in [5.41, 5.74) is 5.87. The Bertz CT molecular complexity index is 355. The van der Waals surface area contributed by atoms with Gasteiger partial charge in [0, 0.05) is 18.8 Å². The van der Waals surface area contributed by atoms with Crippen LogP contribution in [-0.4, -0.2) is 24.2 Å². The van der Waals surface area contributed by atoms with Crippen molar-refractivity contribution in [2.24, 2.45) is 0 Å². The van der Waals surface area contributed by atoms with E-state index in [-0.39, 0.29) is 17.9 Å². The van der Waals surface area contributed by atoms with Gasteiger partial charge in [-0.3, -0.25) is 4.79 Å². The van der Waals surface area contributed by atoms with Crippen LogP contribution in [0.5, 0.6) is 0 Å².